The maximum atomic E-state index is 9.53. The Morgan fingerprint density at radius 2 is 1.91 bits per heavy atom. The molecule has 0 saturated heterocycles. The molecule has 0 atom stereocenters. The van der Waals surface area contributed by atoms with E-state index >= 15 is 0 Å². The van der Waals surface area contributed by atoms with Crippen molar-refractivity contribution in [3.63, 3.8) is 0 Å². The van der Waals surface area contributed by atoms with Crippen LogP contribution >= 0.6 is 11.6 Å². The first-order valence-corrected chi connectivity index (χ1v) is 7.86. The molecular weight excluding hydrogens is 308 g/mol. The highest BCUT2D eigenvalue weighted by Gasteiger charge is 2.20. The van der Waals surface area contributed by atoms with Crippen molar-refractivity contribution in [3.8, 4) is 0 Å². The first-order chi connectivity index (χ1) is 11.3. The molecule has 0 fully saturated rings. The highest BCUT2D eigenvalue weighted by Crippen LogP contribution is 2.22. The molecule has 0 unspecified atom stereocenters. The number of benzene rings is 2. The first kappa shape index (κ1) is 14.2. The average molecular weight is 323 g/mol. The summed E-state index contributed by atoms with van der Waals surface area (Å²) in [4.78, 5) is 4.34. The van der Waals surface area contributed by atoms with Gasteiger partial charge in [-0.1, -0.05) is 48.0 Å². The van der Waals surface area contributed by atoms with Crippen molar-refractivity contribution in [1.82, 2.24) is 5.32 Å². The second kappa shape index (κ2) is 5.69. The fourth-order valence-electron chi connectivity index (χ4n) is 3.11. The molecule has 2 aliphatic rings. The summed E-state index contributed by atoms with van der Waals surface area (Å²) in [7, 11) is 0. The number of aliphatic hydroxyl groups is 1. The van der Waals surface area contributed by atoms with Gasteiger partial charge in [0.25, 0.3) is 0 Å². The molecule has 2 aliphatic heterocycles. The van der Waals surface area contributed by atoms with Gasteiger partial charge < -0.3 is 10.4 Å². The summed E-state index contributed by atoms with van der Waals surface area (Å²) >= 11 is 6.25. The van der Waals surface area contributed by atoms with Gasteiger partial charge in [0.05, 0.1) is 12.3 Å². The standard InChI is InChI=1S/C19H15ClN2O/c20-13-6-7-14-15(8-13)19(12-4-2-1-3-5-12)22-10-17-16(14)9-21-18(17)11-23/h1-9,22-23H,10-11H2. The van der Waals surface area contributed by atoms with E-state index in [4.69, 9.17) is 11.6 Å². The van der Waals surface area contributed by atoms with Gasteiger partial charge >= 0.3 is 0 Å². The van der Waals surface area contributed by atoms with Gasteiger partial charge in [-0.2, -0.15) is 0 Å². The Morgan fingerprint density at radius 1 is 1.09 bits per heavy atom. The predicted octanol–water partition coefficient (Wildman–Crippen LogP) is 1.58. The fraction of sp³-hybridized carbons (Fsp3) is 0.105. The molecule has 4 rings (SSSR count). The Kier molecular flexibility index (Phi) is 3.52. The fourth-order valence-corrected chi connectivity index (χ4v) is 3.28. The van der Waals surface area contributed by atoms with Gasteiger partial charge in [-0.15, -0.1) is 0 Å². The van der Waals surface area contributed by atoms with Crippen molar-refractivity contribution in [2.24, 2.45) is 4.99 Å². The number of fused-ring (bicyclic) bond motifs is 2. The molecule has 0 aliphatic carbocycles. The highest BCUT2D eigenvalue weighted by atomic mass is 35.5. The monoisotopic (exact) mass is 322 g/mol. The molecule has 2 N–H and O–H groups in total. The SMILES string of the molecule is OCC1=C2CNC(c3ccccc3)=c3cc(Cl)ccc3=C2C=N1. The van der Waals surface area contributed by atoms with Crippen LogP contribution in [0.15, 0.2) is 64.8 Å². The highest BCUT2D eigenvalue weighted by molar-refractivity contribution is 6.30. The molecule has 114 valence electrons. The molecule has 0 aromatic heterocycles. The average Bonchev–Trinajstić information content (AvgIpc) is 2.92. The largest absolute Gasteiger partial charge is 0.390 e. The molecule has 3 nitrogen and oxygen atoms in total. The number of hydrogen-bond acceptors (Lipinski definition) is 3. The van der Waals surface area contributed by atoms with Crippen LogP contribution in [0.5, 0.6) is 0 Å². The molecule has 4 heteroatoms. The number of rotatable bonds is 2. The maximum absolute atomic E-state index is 9.53. The lowest BCUT2D eigenvalue weighted by molar-refractivity contribution is 0.329. The van der Waals surface area contributed by atoms with E-state index < -0.39 is 0 Å². The lowest BCUT2D eigenvalue weighted by Crippen LogP contribution is -2.31. The topological polar surface area (TPSA) is 44.6 Å². The van der Waals surface area contributed by atoms with E-state index in [0.717, 1.165) is 38.5 Å². The van der Waals surface area contributed by atoms with Gasteiger partial charge in [-0.05, 0) is 22.9 Å². The number of hydrogen-bond donors (Lipinski definition) is 2. The van der Waals surface area contributed by atoms with E-state index in [2.05, 4.69) is 22.4 Å². The third-order valence-electron chi connectivity index (χ3n) is 4.22. The third kappa shape index (κ3) is 2.38. The minimum atomic E-state index is -0.0550. The van der Waals surface area contributed by atoms with E-state index in [-0.39, 0.29) is 6.61 Å². The second-order valence-corrected chi connectivity index (χ2v) is 5.98. The minimum Gasteiger partial charge on any atom is -0.390 e. The van der Waals surface area contributed by atoms with Crippen molar-refractivity contribution >= 4 is 29.1 Å². The van der Waals surface area contributed by atoms with Crippen LogP contribution in [0.25, 0.3) is 11.3 Å². The lowest BCUT2D eigenvalue weighted by atomic mass is 10.0. The van der Waals surface area contributed by atoms with Crippen molar-refractivity contribution < 1.29 is 5.11 Å². The molecule has 0 radical (unpaired) electrons. The van der Waals surface area contributed by atoms with Crippen LogP contribution in [0.3, 0.4) is 0 Å². The van der Waals surface area contributed by atoms with Crippen LogP contribution in [0.2, 0.25) is 5.02 Å². The summed E-state index contributed by atoms with van der Waals surface area (Å²) in [6.45, 7) is 0.572. The number of aliphatic hydroxyl groups excluding tert-OH is 1. The summed E-state index contributed by atoms with van der Waals surface area (Å²) in [5, 5.41) is 15.9. The minimum absolute atomic E-state index is 0.0550. The third-order valence-corrected chi connectivity index (χ3v) is 4.45. The number of nitrogens with zero attached hydrogens (tertiary/aromatic N) is 1. The number of halogens is 1. The van der Waals surface area contributed by atoms with Gasteiger partial charge in [0.15, 0.2) is 0 Å². The van der Waals surface area contributed by atoms with E-state index in [1.54, 1.807) is 0 Å². The molecule has 0 saturated carbocycles. The van der Waals surface area contributed by atoms with Gasteiger partial charge in [0.2, 0.25) is 0 Å². The van der Waals surface area contributed by atoms with Crippen molar-refractivity contribution in [2.75, 3.05) is 13.2 Å². The summed E-state index contributed by atoms with van der Waals surface area (Å²) in [5.74, 6) is 0. The molecule has 2 aromatic carbocycles. The summed E-state index contributed by atoms with van der Waals surface area (Å²) in [6, 6.07) is 16.1. The molecular formula is C19H15ClN2O. The molecule has 0 amide bonds. The lowest BCUT2D eigenvalue weighted by Gasteiger charge is -2.11. The number of aliphatic imine (C=N–C) groups is 1. The molecule has 0 spiro atoms. The molecule has 2 aromatic rings. The first-order valence-electron chi connectivity index (χ1n) is 7.49. The zero-order valence-electron chi connectivity index (χ0n) is 12.4. The Bertz CT molecular complexity index is 959. The van der Waals surface area contributed by atoms with Gasteiger partial charge in [0.1, 0.15) is 0 Å². The van der Waals surface area contributed by atoms with Crippen LogP contribution < -0.4 is 15.8 Å². The Hall–Kier alpha value is -2.36. The van der Waals surface area contributed by atoms with Crippen molar-refractivity contribution in [2.45, 2.75) is 0 Å². The molecule has 0 bridgehead atoms. The normalized spacial score (nSPS) is 16.1. The summed E-state index contributed by atoms with van der Waals surface area (Å²) in [6.07, 6.45) is 1.84. The smallest absolute Gasteiger partial charge is 0.0856 e. The second-order valence-electron chi connectivity index (χ2n) is 5.54. The molecule has 23 heavy (non-hydrogen) atoms. The molecule has 2 heterocycles. The van der Waals surface area contributed by atoms with Crippen LogP contribution in [-0.2, 0) is 0 Å². The predicted molar refractivity (Wildman–Crippen MR) is 93.7 cm³/mol. The zero-order chi connectivity index (χ0) is 15.8. The van der Waals surface area contributed by atoms with Gasteiger partial charge in [-0.25, -0.2) is 0 Å². The van der Waals surface area contributed by atoms with E-state index in [0.29, 0.717) is 11.6 Å². The van der Waals surface area contributed by atoms with E-state index in [9.17, 15) is 5.11 Å². The van der Waals surface area contributed by atoms with Crippen molar-refractivity contribution in [1.29, 1.82) is 0 Å². The Balaban J connectivity index is 2.12. The zero-order valence-corrected chi connectivity index (χ0v) is 13.1. The number of nitrogens with one attached hydrogen (secondary N) is 1. The summed E-state index contributed by atoms with van der Waals surface area (Å²) in [5.41, 5.74) is 4.98. The van der Waals surface area contributed by atoms with Crippen LogP contribution in [0, 0.1) is 0 Å². The quantitative estimate of drug-likeness (QED) is 0.882. The van der Waals surface area contributed by atoms with Crippen LogP contribution in [0.1, 0.15) is 5.56 Å². The Labute approximate surface area is 139 Å². The van der Waals surface area contributed by atoms with E-state index in [1.165, 1.54) is 0 Å². The van der Waals surface area contributed by atoms with Crippen molar-refractivity contribution in [3.05, 3.63) is 80.8 Å². The Morgan fingerprint density at radius 3 is 2.70 bits per heavy atom. The maximum Gasteiger partial charge on any atom is 0.0856 e. The van der Waals surface area contributed by atoms with Crippen LogP contribution in [-0.4, -0.2) is 24.5 Å². The van der Waals surface area contributed by atoms with Crippen LogP contribution in [0.4, 0.5) is 0 Å². The van der Waals surface area contributed by atoms with E-state index in [1.807, 2.05) is 42.6 Å². The van der Waals surface area contributed by atoms with Gasteiger partial charge in [0, 0.05) is 39.8 Å². The summed E-state index contributed by atoms with van der Waals surface area (Å²) < 4.78 is 0. The van der Waals surface area contributed by atoms with Gasteiger partial charge in [-0.3, -0.25) is 4.99 Å².